The van der Waals surface area contributed by atoms with Gasteiger partial charge in [-0.3, -0.25) is 33.8 Å². The number of hydrogen-bond donors (Lipinski definition) is 3. The van der Waals surface area contributed by atoms with Crippen molar-refractivity contribution in [2.45, 2.75) is 43.3 Å². The van der Waals surface area contributed by atoms with Crippen LogP contribution in [-0.4, -0.2) is 116 Å². The number of thioether (sulfide) groups is 2. The van der Waals surface area contributed by atoms with Crippen LogP contribution in [0.1, 0.15) is 31.0 Å². The van der Waals surface area contributed by atoms with E-state index in [1.54, 1.807) is 37.4 Å². The van der Waals surface area contributed by atoms with Gasteiger partial charge in [0, 0.05) is 37.9 Å². The van der Waals surface area contributed by atoms with Crippen LogP contribution in [0, 0.1) is 0 Å². The molecule has 17 nitrogen and oxygen atoms in total. The van der Waals surface area contributed by atoms with E-state index >= 15 is 0 Å². The summed E-state index contributed by atoms with van der Waals surface area (Å²) in [5.74, 6) is -5.90. The zero-order valence-corrected chi connectivity index (χ0v) is 30.3. The van der Waals surface area contributed by atoms with E-state index in [0.717, 1.165) is 17.4 Å². The Morgan fingerprint density at radius 1 is 0.981 bits per heavy atom. The third-order valence-electron chi connectivity index (χ3n) is 8.36. The Balaban J connectivity index is 1.41. The fraction of sp³-hybridized carbons (Fsp3) is 0.353. The number of amides is 6. The lowest BCUT2D eigenvalue weighted by atomic mass is 10.0. The van der Waals surface area contributed by atoms with E-state index in [1.807, 2.05) is 6.07 Å². The number of piperazine rings is 1. The lowest BCUT2D eigenvalue weighted by Gasteiger charge is -2.49. The van der Waals surface area contributed by atoms with Crippen molar-refractivity contribution in [3.05, 3.63) is 77.0 Å². The number of ether oxygens (including phenoxy) is 3. The minimum atomic E-state index is -1.70. The molecule has 4 atom stereocenters. The number of esters is 1. The van der Waals surface area contributed by atoms with Crippen LogP contribution in [0.2, 0.25) is 0 Å². The molecule has 0 bridgehead atoms. The summed E-state index contributed by atoms with van der Waals surface area (Å²) in [6, 6.07) is 11.4. The van der Waals surface area contributed by atoms with Crippen molar-refractivity contribution in [2.24, 2.45) is 0 Å². The summed E-state index contributed by atoms with van der Waals surface area (Å²) in [7, 11) is 0. The van der Waals surface area contributed by atoms with E-state index in [2.05, 4.69) is 10.6 Å². The topological polar surface area (TPSA) is 218 Å². The molecule has 280 valence electrons. The maximum Gasteiger partial charge on any atom is 0.514 e. The first-order valence-electron chi connectivity index (χ1n) is 16.2. The molecule has 19 heteroatoms. The average Bonchev–Trinajstić information content (AvgIpc) is 3.13. The van der Waals surface area contributed by atoms with Gasteiger partial charge in [0.15, 0.2) is 0 Å². The van der Waals surface area contributed by atoms with Crippen LogP contribution in [0.4, 0.5) is 9.59 Å². The number of carbonyl (C=O) groups is 8. The molecule has 2 fully saturated rings. The first-order chi connectivity index (χ1) is 25.3. The van der Waals surface area contributed by atoms with Gasteiger partial charge in [-0.2, -0.15) is 0 Å². The molecule has 3 heterocycles. The van der Waals surface area contributed by atoms with Crippen LogP contribution >= 0.6 is 23.5 Å². The zero-order valence-electron chi connectivity index (χ0n) is 28.6. The molecule has 0 radical (unpaired) electrons. The van der Waals surface area contributed by atoms with E-state index in [4.69, 9.17) is 14.2 Å². The summed E-state index contributed by atoms with van der Waals surface area (Å²) in [6.07, 6.45) is -0.985. The molecular formula is C34H35N5O12S2. The second-order valence-corrected chi connectivity index (χ2v) is 13.7. The van der Waals surface area contributed by atoms with Crippen LogP contribution < -0.4 is 15.4 Å². The molecule has 0 aliphatic carbocycles. The van der Waals surface area contributed by atoms with Gasteiger partial charge in [0.1, 0.15) is 34.7 Å². The first-order valence-corrected chi connectivity index (χ1v) is 18.5. The van der Waals surface area contributed by atoms with Crippen molar-refractivity contribution >= 4 is 71.3 Å². The molecule has 3 aliphatic rings. The fourth-order valence-electron chi connectivity index (χ4n) is 5.70. The van der Waals surface area contributed by atoms with Crippen molar-refractivity contribution in [1.82, 2.24) is 25.3 Å². The zero-order chi connectivity index (χ0) is 38.4. The number of carbonyl (C=O) groups excluding carboxylic acids is 7. The van der Waals surface area contributed by atoms with Gasteiger partial charge in [-0.25, -0.2) is 14.4 Å². The number of imide groups is 1. The monoisotopic (exact) mass is 769 g/mol. The second kappa shape index (κ2) is 16.8. The van der Waals surface area contributed by atoms with Crippen molar-refractivity contribution < 1.29 is 57.7 Å². The van der Waals surface area contributed by atoms with Gasteiger partial charge in [-0.15, -0.1) is 23.5 Å². The predicted octanol–water partition coefficient (Wildman–Crippen LogP) is 1.83. The Morgan fingerprint density at radius 3 is 2.30 bits per heavy atom. The standard InChI is InChI=1S/C34H35N5O12S2/c1-4-37-14-15-38(30(44)29(37)43)33(47)35-23(20-10-12-21(13-11-20)51-34(48)49-16-19-8-6-5-7-9-19)26(41)36-27(50-18(2)40)22-17-53-31-25(52-3)28(42)39(31)24(22)32(45)46/h5-13,23,25,27,31H,4,14-17H2,1-3H3,(H,35,47)(H,36,41)(H,45,46)/t23?,25-,27?,31+/m0/s1. The summed E-state index contributed by atoms with van der Waals surface area (Å²) in [5, 5.41) is 14.1. The molecule has 2 aromatic carbocycles. The Labute approximate surface area is 311 Å². The highest BCUT2D eigenvalue weighted by molar-refractivity contribution is 8.04. The van der Waals surface area contributed by atoms with Crippen LogP contribution in [0.25, 0.3) is 0 Å². The highest BCUT2D eigenvalue weighted by Gasteiger charge is 2.54. The first kappa shape index (κ1) is 38.7. The smallest absolute Gasteiger partial charge is 0.477 e. The van der Waals surface area contributed by atoms with E-state index < -0.39 is 76.3 Å². The van der Waals surface area contributed by atoms with Crippen molar-refractivity contribution in [1.29, 1.82) is 0 Å². The number of nitrogens with zero attached hydrogens (tertiary/aromatic N) is 3. The quantitative estimate of drug-likeness (QED) is 0.0923. The molecule has 3 aliphatic heterocycles. The molecule has 0 spiro atoms. The molecule has 6 amide bonds. The van der Waals surface area contributed by atoms with Crippen molar-refractivity contribution in [2.75, 3.05) is 31.6 Å². The van der Waals surface area contributed by atoms with E-state index in [1.165, 1.54) is 52.7 Å². The van der Waals surface area contributed by atoms with Crippen molar-refractivity contribution in [3.8, 4) is 5.75 Å². The molecule has 0 saturated carbocycles. The van der Waals surface area contributed by atoms with Gasteiger partial charge in [-0.1, -0.05) is 42.5 Å². The number of nitrogens with one attached hydrogen (secondary N) is 2. The minimum absolute atomic E-state index is 0.0133. The summed E-state index contributed by atoms with van der Waals surface area (Å²) in [4.78, 5) is 106. The molecule has 0 aromatic heterocycles. The maximum atomic E-state index is 14.1. The number of rotatable bonds is 12. The molecule has 53 heavy (non-hydrogen) atoms. The third kappa shape index (κ3) is 8.57. The number of β-lactam (4-membered cyclic amide) rings is 1. The number of likely N-dealkylation sites (N-methyl/N-ethyl adjacent to an activating group) is 1. The lowest BCUT2D eigenvalue weighted by molar-refractivity contribution is -0.153. The van der Waals surface area contributed by atoms with Crippen LogP contribution in [0.15, 0.2) is 65.9 Å². The van der Waals surface area contributed by atoms with E-state index in [-0.39, 0.29) is 48.9 Å². The van der Waals surface area contributed by atoms with Gasteiger partial charge in [0.25, 0.3) is 0 Å². The van der Waals surface area contributed by atoms with Crippen LogP contribution in [-0.2, 0) is 44.8 Å². The summed E-state index contributed by atoms with van der Waals surface area (Å²) >= 11 is 2.49. The third-order valence-corrected chi connectivity index (χ3v) is 10.8. The average molecular weight is 770 g/mol. The number of hydrogen-bond acceptors (Lipinski definition) is 13. The largest absolute Gasteiger partial charge is 0.514 e. The van der Waals surface area contributed by atoms with Gasteiger partial charge in [0.05, 0.1) is 0 Å². The number of carboxylic acid groups (broad SMARTS) is 1. The minimum Gasteiger partial charge on any atom is -0.477 e. The van der Waals surface area contributed by atoms with E-state index in [0.29, 0.717) is 4.90 Å². The van der Waals surface area contributed by atoms with Crippen molar-refractivity contribution in [3.63, 3.8) is 0 Å². The molecule has 2 aromatic rings. The Hall–Kier alpha value is -5.56. The maximum absolute atomic E-state index is 14.1. The Kier molecular flexibility index (Phi) is 12.3. The van der Waals surface area contributed by atoms with Gasteiger partial charge in [0.2, 0.25) is 18.0 Å². The number of carboxylic acids is 1. The Morgan fingerprint density at radius 2 is 1.68 bits per heavy atom. The number of fused-ring (bicyclic) bond motifs is 1. The normalized spacial score (nSPS) is 19.4. The second-order valence-electron chi connectivity index (χ2n) is 11.7. The predicted molar refractivity (Wildman–Crippen MR) is 188 cm³/mol. The van der Waals surface area contributed by atoms with Gasteiger partial charge < -0.3 is 34.9 Å². The van der Waals surface area contributed by atoms with Crippen LogP contribution in [0.3, 0.4) is 0 Å². The van der Waals surface area contributed by atoms with E-state index in [9.17, 15) is 43.5 Å². The number of urea groups is 1. The van der Waals surface area contributed by atoms with Gasteiger partial charge >= 0.3 is 35.9 Å². The number of aliphatic carboxylic acids is 1. The number of benzene rings is 2. The van der Waals surface area contributed by atoms with Gasteiger partial charge in [-0.05, 0) is 36.4 Å². The van der Waals surface area contributed by atoms with Crippen LogP contribution in [0.5, 0.6) is 5.75 Å². The highest BCUT2D eigenvalue weighted by Crippen LogP contribution is 2.45. The highest BCUT2D eigenvalue weighted by atomic mass is 32.2. The molecule has 5 rings (SSSR count). The molecular weight excluding hydrogens is 735 g/mol. The summed E-state index contributed by atoms with van der Waals surface area (Å²) in [5.41, 5.74) is 0.273. The SMILES string of the molecule is CCN1CCN(C(=O)NC(C(=O)NC(OC(C)=O)C2=C(C(=O)O)N3C(=O)[C@H](SC)[C@H]3SC2)c2ccc(OC(=O)OCc3ccccc3)cc2)C(=O)C1=O. The lowest BCUT2D eigenvalue weighted by Crippen LogP contribution is -2.64. The molecule has 2 unspecified atom stereocenters. The molecule has 3 N–H and O–H groups in total. The summed E-state index contributed by atoms with van der Waals surface area (Å²) < 4.78 is 15.7. The molecule has 2 saturated heterocycles. The fourth-order valence-corrected chi connectivity index (χ4v) is 8.23. The summed E-state index contributed by atoms with van der Waals surface area (Å²) in [6.45, 7) is 2.80. The Bertz CT molecular complexity index is 1840.